The Bertz CT molecular complexity index is 1120. The molecule has 0 radical (unpaired) electrons. The number of rotatable bonds is 6. The number of ether oxygens (including phenoxy) is 2. The van der Waals surface area contributed by atoms with Gasteiger partial charge in [-0.15, -0.1) is 22.9 Å². The van der Waals surface area contributed by atoms with E-state index < -0.39 is 23.6 Å². The molecule has 2 aromatic rings. The van der Waals surface area contributed by atoms with Gasteiger partial charge in [0.2, 0.25) is 11.8 Å². The summed E-state index contributed by atoms with van der Waals surface area (Å²) in [6.45, 7) is 0.216. The molecule has 4 heterocycles. The van der Waals surface area contributed by atoms with Crippen LogP contribution in [-0.2, 0) is 14.3 Å². The van der Waals surface area contributed by atoms with Gasteiger partial charge in [0.25, 0.3) is 5.91 Å². The molecule has 1 saturated carbocycles. The molecule has 5 rings (SSSR count). The molecule has 3 fully saturated rings. The third-order valence-electron chi connectivity index (χ3n) is 7.14. The van der Waals surface area contributed by atoms with Gasteiger partial charge in [0.1, 0.15) is 24.8 Å². The molecule has 0 aromatic carbocycles. The quantitative estimate of drug-likeness (QED) is 0.590. The molecule has 3 aliphatic rings. The van der Waals surface area contributed by atoms with Crippen molar-refractivity contribution in [3.05, 3.63) is 35.3 Å². The lowest BCUT2D eigenvalue weighted by molar-refractivity contribution is -0.139. The summed E-state index contributed by atoms with van der Waals surface area (Å²) in [5.41, 5.74) is 0.900. The standard InChI is InChI=1S/C25H28ClN3O5S/c1-33-20-11-15(9-10-27-20)18-7-8-19(35-18)24(31)28-21(14-5-3-2-4-6-14)25(32)29-12-16(26)23-22(29)17(30)13-34-23/h7-11,14,16,21-23H,2-6,12-13H2,1H3,(H,28,31). The number of ketones is 1. The van der Waals surface area contributed by atoms with E-state index in [0.717, 1.165) is 42.5 Å². The summed E-state index contributed by atoms with van der Waals surface area (Å²) in [5, 5.41) is 2.59. The number of pyridine rings is 1. The van der Waals surface area contributed by atoms with Crippen LogP contribution in [0.4, 0.5) is 0 Å². The van der Waals surface area contributed by atoms with Crippen molar-refractivity contribution in [3.8, 4) is 16.3 Å². The Morgan fingerprint density at radius 2 is 2.06 bits per heavy atom. The summed E-state index contributed by atoms with van der Waals surface area (Å²) in [4.78, 5) is 46.6. The fraction of sp³-hybridized carbons (Fsp3) is 0.520. The van der Waals surface area contributed by atoms with Crippen LogP contribution in [0.15, 0.2) is 30.5 Å². The lowest BCUT2D eigenvalue weighted by atomic mass is 9.83. The van der Waals surface area contributed by atoms with Crippen molar-refractivity contribution in [2.75, 3.05) is 20.3 Å². The highest BCUT2D eigenvalue weighted by molar-refractivity contribution is 7.17. The zero-order valence-electron chi connectivity index (χ0n) is 19.4. The number of fused-ring (bicyclic) bond motifs is 1. The molecule has 0 spiro atoms. The van der Waals surface area contributed by atoms with Crippen LogP contribution in [0.1, 0.15) is 41.8 Å². The van der Waals surface area contributed by atoms with Crippen molar-refractivity contribution in [2.45, 2.75) is 55.7 Å². The van der Waals surface area contributed by atoms with Crippen molar-refractivity contribution in [2.24, 2.45) is 5.92 Å². The number of hydrogen-bond donors (Lipinski definition) is 1. The van der Waals surface area contributed by atoms with Crippen LogP contribution in [0, 0.1) is 5.92 Å². The van der Waals surface area contributed by atoms with Gasteiger partial charge in [-0.3, -0.25) is 14.4 Å². The summed E-state index contributed by atoms with van der Waals surface area (Å²) in [5.74, 6) is -0.140. The van der Waals surface area contributed by atoms with Crippen molar-refractivity contribution in [1.29, 1.82) is 0 Å². The molecular formula is C25H28ClN3O5S. The van der Waals surface area contributed by atoms with E-state index in [0.29, 0.717) is 10.8 Å². The van der Waals surface area contributed by atoms with Crippen LogP contribution in [-0.4, -0.2) is 71.3 Å². The number of carbonyl (C=O) groups is 3. The fourth-order valence-electron chi connectivity index (χ4n) is 5.35. The lowest BCUT2D eigenvalue weighted by Gasteiger charge is -2.34. The average molecular weight is 518 g/mol. The Kier molecular flexibility index (Phi) is 7.09. The van der Waals surface area contributed by atoms with Crippen LogP contribution in [0.25, 0.3) is 10.4 Å². The van der Waals surface area contributed by atoms with Crippen molar-refractivity contribution in [3.63, 3.8) is 0 Å². The predicted molar refractivity (Wildman–Crippen MR) is 132 cm³/mol. The molecule has 2 amide bonds. The van der Waals surface area contributed by atoms with Crippen molar-refractivity contribution in [1.82, 2.24) is 15.2 Å². The molecule has 4 unspecified atom stereocenters. The lowest BCUT2D eigenvalue weighted by Crippen LogP contribution is -2.55. The monoisotopic (exact) mass is 517 g/mol. The molecule has 186 valence electrons. The van der Waals surface area contributed by atoms with Gasteiger partial charge in [-0.05, 0) is 42.5 Å². The highest BCUT2D eigenvalue weighted by Crippen LogP contribution is 2.35. The number of amides is 2. The number of nitrogens with one attached hydrogen (secondary N) is 1. The van der Waals surface area contributed by atoms with E-state index in [1.807, 2.05) is 18.2 Å². The van der Waals surface area contributed by atoms with Crippen LogP contribution >= 0.6 is 22.9 Å². The second kappa shape index (κ2) is 10.2. The van der Waals surface area contributed by atoms with Crippen LogP contribution < -0.4 is 10.1 Å². The van der Waals surface area contributed by atoms with Crippen LogP contribution in [0.5, 0.6) is 5.88 Å². The van der Waals surface area contributed by atoms with Gasteiger partial charge in [-0.2, -0.15) is 0 Å². The second-order valence-electron chi connectivity index (χ2n) is 9.29. The highest BCUT2D eigenvalue weighted by atomic mass is 35.5. The van der Waals surface area contributed by atoms with Gasteiger partial charge in [0, 0.05) is 23.7 Å². The van der Waals surface area contributed by atoms with Crippen molar-refractivity contribution >= 4 is 40.5 Å². The van der Waals surface area contributed by atoms with E-state index in [-0.39, 0.29) is 36.7 Å². The fourth-order valence-corrected chi connectivity index (χ4v) is 6.62. The number of halogens is 1. The summed E-state index contributed by atoms with van der Waals surface area (Å²) in [6, 6.07) is 5.95. The van der Waals surface area contributed by atoms with Gasteiger partial charge in [0.15, 0.2) is 5.78 Å². The van der Waals surface area contributed by atoms with Gasteiger partial charge in [-0.1, -0.05) is 19.3 Å². The molecule has 2 aromatic heterocycles. The summed E-state index contributed by atoms with van der Waals surface area (Å²) >= 11 is 7.77. The minimum Gasteiger partial charge on any atom is -0.481 e. The minimum absolute atomic E-state index is 0.0225. The number of aromatic nitrogens is 1. The number of alkyl halides is 1. The maximum absolute atomic E-state index is 13.8. The first kappa shape index (κ1) is 24.2. The summed E-state index contributed by atoms with van der Waals surface area (Å²) in [7, 11) is 1.56. The first-order chi connectivity index (χ1) is 17.0. The van der Waals surface area contributed by atoms with E-state index in [2.05, 4.69) is 10.3 Å². The molecular weight excluding hydrogens is 490 g/mol. The summed E-state index contributed by atoms with van der Waals surface area (Å²) < 4.78 is 10.7. The van der Waals surface area contributed by atoms with Gasteiger partial charge >= 0.3 is 0 Å². The number of carbonyl (C=O) groups excluding carboxylic acids is 3. The molecule has 8 nitrogen and oxygen atoms in total. The Morgan fingerprint density at radius 1 is 1.26 bits per heavy atom. The topological polar surface area (TPSA) is 97.8 Å². The Labute approximate surface area is 212 Å². The van der Waals surface area contributed by atoms with E-state index >= 15 is 0 Å². The Balaban J connectivity index is 1.36. The zero-order valence-corrected chi connectivity index (χ0v) is 21.0. The number of thiophene rings is 1. The SMILES string of the molecule is COc1cc(-c2ccc(C(=O)NC(C(=O)N3CC(Cl)C4OCC(=O)C43)C3CCCCC3)s2)ccn1. The van der Waals surface area contributed by atoms with Crippen molar-refractivity contribution < 1.29 is 23.9 Å². The molecule has 2 saturated heterocycles. The second-order valence-corrected chi connectivity index (χ2v) is 10.9. The Morgan fingerprint density at radius 3 is 2.83 bits per heavy atom. The first-order valence-corrected chi connectivity index (χ1v) is 13.2. The third-order valence-corrected chi connectivity index (χ3v) is 8.66. The molecule has 2 aliphatic heterocycles. The minimum atomic E-state index is -0.703. The van der Waals surface area contributed by atoms with Gasteiger partial charge < -0.3 is 19.7 Å². The van der Waals surface area contributed by atoms with Gasteiger partial charge in [0.05, 0.1) is 17.4 Å². The molecule has 0 bridgehead atoms. The maximum atomic E-state index is 13.8. The highest BCUT2D eigenvalue weighted by Gasteiger charge is 2.53. The first-order valence-electron chi connectivity index (χ1n) is 12.0. The largest absolute Gasteiger partial charge is 0.481 e. The third kappa shape index (κ3) is 4.81. The average Bonchev–Trinajstić information content (AvgIpc) is 3.61. The van der Waals surface area contributed by atoms with Crippen LogP contribution in [0.3, 0.4) is 0 Å². The van der Waals surface area contributed by atoms with E-state index in [1.54, 1.807) is 24.3 Å². The number of Topliss-reactive ketones (excluding diaryl/α,β-unsaturated/α-hetero) is 1. The number of methoxy groups -OCH3 is 1. The molecule has 4 atom stereocenters. The molecule has 35 heavy (non-hydrogen) atoms. The number of hydrogen-bond acceptors (Lipinski definition) is 7. The van der Waals surface area contributed by atoms with E-state index in [1.165, 1.54) is 11.3 Å². The summed E-state index contributed by atoms with van der Waals surface area (Å²) in [6.07, 6.45) is 6.06. The number of likely N-dealkylation sites (tertiary alicyclic amines) is 1. The smallest absolute Gasteiger partial charge is 0.262 e. The predicted octanol–water partition coefficient (Wildman–Crippen LogP) is 3.28. The van der Waals surface area contributed by atoms with Gasteiger partial charge in [-0.25, -0.2) is 4.98 Å². The van der Waals surface area contributed by atoms with E-state index in [4.69, 9.17) is 21.1 Å². The van der Waals surface area contributed by atoms with Crippen LogP contribution in [0.2, 0.25) is 0 Å². The molecule has 10 heteroatoms. The normalized spacial score (nSPS) is 25.4. The van der Waals surface area contributed by atoms with E-state index in [9.17, 15) is 14.4 Å². The molecule has 1 aliphatic carbocycles. The molecule has 1 N–H and O–H groups in total. The number of nitrogens with zero attached hydrogens (tertiary/aromatic N) is 2. The maximum Gasteiger partial charge on any atom is 0.262 e. The zero-order chi connectivity index (χ0) is 24.5. The Hall–Kier alpha value is -2.49.